The predicted octanol–water partition coefficient (Wildman–Crippen LogP) is 7.03. The molecular formula is C29H46N2O4S2. The van der Waals surface area contributed by atoms with Crippen LogP contribution in [0.4, 0.5) is 0 Å². The van der Waals surface area contributed by atoms with Crippen molar-refractivity contribution in [2.45, 2.75) is 110 Å². The van der Waals surface area contributed by atoms with E-state index in [4.69, 9.17) is 4.74 Å². The van der Waals surface area contributed by atoms with Gasteiger partial charge in [0.15, 0.2) is 0 Å². The number of carbonyl (C=O) groups excluding carboxylic acids is 3. The molecule has 1 fully saturated rings. The van der Waals surface area contributed by atoms with Crippen LogP contribution in [0.5, 0.6) is 0 Å². The summed E-state index contributed by atoms with van der Waals surface area (Å²) in [5.41, 5.74) is 0.237. The van der Waals surface area contributed by atoms with E-state index in [-0.39, 0.29) is 23.3 Å². The lowest BCUT2D eigenvalue weighted by molar-refractivity contribution is -0.156. The summed E-state index contributed by atoms with van der Waals surface area (Å²) < 4.78 is 5.88. The number of nitrogens with zero attached hydrogens (tertiary/aromatic N) is 1. The number of nitrogens with one attached hydrogen (secondary N) is 1. The van der Waals surface area contributed by atoms with Gasteiger partial charge in [0.25, 0.3) is 5.91 Å². The lowest BCUT2D eigenvalue weighted by atomic mass is 9.99. The van der Waals surface area contributed by atoms with Crippen LogP contribution in [0.2, 0.25) is 0 Å². The van der Waals surface area contributed by atoms with Crippen molar-refractivity contribution in [3.8, 4) is 11.8 Å². The van der Waals surface area contributed by atoms with E-state index < -0.39 is 0 Å². The number of ether oxygens (including phenoxy) is 1. The van der Waals surface area contributed by atoms with Crippen molar-refractivity contribution in [3.05, 3.63) is 30.1 Å². The maximum atomic E-state index is 11.7. The van der Waals surface area contributed by atoms with Gasteiger partial charge in [0.05, 0.1) is 5.56 Å². The van der Waals surface area contributed by atoms with E-state index in [0.29, 0.717) is 36.1 Å². The summed E-state index contributed by atoms with van der Waals surface area (Å²) in [5.74, 6) is 6.59. The maximum absolute atomic E-state index is 11.7. The van der Waals surface area contributed by atoms with Crippen LogP contribution in [0.1, 0.15) is 110 Å². The van der Waals surface area contributed by atoms with E-state index >= 15 is 0 Å². The number of rotatable bonds is 12. The van der Waals surface area contributed by atoms with Crippen LogP contribution in [0, 0.1) is 11.8 Å². The molecule has 1 aromatic rings. The smallest absolute Gasteiger partial charge is 0.306 e. The molecule has 0 aromatic carbocycles. The van der Waals surface area contributed by atoms with Crippen molar-refractivity contribution in [3.63, 3.8) is 0 Å². The zero-order valence-electron chi connectivity index (χ0n) is 23.8. The largest absolute Gasteiger partial charge is 0.460 e. The number of hydrogen-bond donors (Lipinski definition) is 1. The number of Topliss-reactive ketones (excluding diaryl/α,β-unsaturated/α-hetero) is 1. The van der Waals surface area contributed by atoms with Gasteiger partial charge in [0.1, 0.15) is 11.4 Å². The summed E-state index contributed by atoms with van der Waals surface area (Å²) in [4.78, 5) is 37.6. The first kappa shape index (κ1) is 35.0. The van der Waals surface area contributed by atoms with Crippen molar-refractivity contribution in [1.29, 1.82) is 0 Å². The van der Waals surface area contributed by atoms with Crippen molar-refractivity contribution < 1.29 is 19.1 Å². The summed E-state index contributed by atoms with van der Waals surface area (Å²) in [6, 6.07) is 3.41. The Kier molecular flexibility index (Phi) is 19.0. The fraction of sp³-hybridized carbons (Fsp3) is 0.655. The first-order chi connectivity index (χ1) is 17.5. The highest BCUT2D eigenvalue weighted by Gasteiger charge is 2.29. The van der Waals surface area contributed by atoms with Gasteiger partial charge in [-0.3, -0.25) is 14.6 Å². The fourth-order valence-corrected chi connectivity index (χ4v) is 6.29. The van der Waals surface area contributed by atoms with Gasteiger partial charge in [-0.25, -0.2) is 0 Å². The number of esters is 1. The van der Waals surface area contributed by atoms with Crippen LogP contribution in [-0.2, 0) is 14.3 Å². The number of aromatic nitrogens is 1. The topological polar surface area (TPSA) is 85.4 Å². The lowest BCUT2D eigenvalue weighted by Gasteiger charge is -2.24. The molecule has 8 heteroatoms. The number of ketones is 1. The van der Waals surface area contributed by atoms with E-state index in [1.807, 2.05) is 56.2 Å². The number of pyridine rings is 1. The van der Waals surface area contributed by atoms with Gasteiger partial charge in [-0.1, -0.05) is 34.9 Å². The maximum Gasteiger partial charge on any atom is 0.306 e. The summed E-state index contributed by atoms with van der Waals surface area (Å²) in [7, 11) is 4.00. The lowest BCUT2D eigenvalue weighted by Crippen LogP contribution is -2.26. The minimum Gasteiger partial charge on any atom is -0.460 e. The van der Waals surface area contributed by atoms with E-state index in [1.54, 1.807) is 25.3 Å². The normalized spacial score (nSPS) is 16.1. The first-order valence-corrected chi connectivity index (χ1v) is 15.3. The molecular weight excluding hydrogens is 504 g/mol. The van der Waals surface area contributed by atoms with Gasteiger partial charge in [0, 0.05) is 42.3 Å². The van der Waals surface area contributed by atoms with Crippen LogP contribution in [0.25, 0.3) is 0 Å². The molecule has 0 saturated carbocycles. The Bertz CT molecular complexity index is 852. The first-order valence-electron chi connectivity index (χ1n) is 13.0. The summed E-state index contributed by atoms with van der Waals surface area (Å²) in [6.45, 7) is 14.0. The van der Waals surface area contributed by atoms with Gasteiger partial charge in [-0.05, 0) is 85.8 Å². The Morgan fingerprint density at radius 3 is 2.38 bits per heavy atom. The molecule has 37 heavy (non-hydrogen) atoms. The summed E-state index contributed by atoms with van der Waals surface area (Å²) in [5, 5.41) is 2.72. The molecule has 1 saturated heterocycles. The zero-order chi connectivity index (χ0) is 28.2. The standard InChI is InChI=1S/C14H26O2S2.C11H14N2O2.C4H6/c1-5-13(2,3)16-12(15)8-6-7-9-14(4)10-11-17-18-14;1-9(14)4-2-7-13-11(15)10-5-3-6-12-8-10;1-3-4-2/h5-11H2,1-4H3;3,5-6,8H,2,4,7H2,1H3,(H,13,15);1-2H3/t14-;;/m1../s1. The Morgan fingerprint density at radius 1 is 1.16 bits per heavy atom. The number of carbonyl (C=O) groups is 3. The van der Waals surface area contributed by atoms with Crippen molar-refractivity contribution in [2.24, 2.45) is 0 Å². The highest BCUT2D eigenvalue weighted by atomic mass is 33.1. The van der Waals surface area contributed by atoms with Crippen LogP contribution in [-0.4, -0.2) is 45.3 Å². The molecule has 1 aliphatic heterocycles. The quantitative estimate of drug-likeness (QED) is 0.129. The van der Waals surface area contributed by atoms with E-state index in [2.05, 4.69) is 29.1 Å². The van der Waals surface area contributed by atoms with E-state index in [1.165, 1.54) is 24.8 Å². The van der Waals surface area contributed by atoms with Crippen LogP contribution >= 0.6 is 21.6 Å². The average molecular weight is 551 g/mol. The summed E-state index contributed by atoms with van der Waals surface area (Å²) >= 11 is 0. The molecule has 208 valence electrons. The van der Waals surface area contributed by atoms with Gasteiger partial charge < -0.3 is 14.8 Å². The highest BCUT2D eigenvalue weighted by molar-refractivity contribution is 8.77. The number of unbranched alkanes of at least 4 members (excludes halogenated alkanes) is 1. The third-order valence-electron chi connectivity index (χ3n) is 5.72. The van der Waals surface area contributed by atoms with Gasteiger partial charge in [-0.15, -0.1) is 11.8 Å². The minimum absolute atomic E-state index is 0.0412. The van der Waals surface area contributed by atoms with E-state index in [0.717, 1.165) is 19.3 Å². The second-order valence-corrected chi connectivity index (χ2v) is 12.7. The van der Waals surface area contributed by atoms with Crippen molar-refractivity contribution >= 4 is 39.2 Å². The molecule has 0 bridgehead atoms. The van der Waals surface area contributed by atoms with Gasteiger partial charge in [0.2, 0.25) is 0 Å². The van der Waals surface area contributed by atoms with Crippen LogP contribution in [0.3, 0.4) is 0 Å². The molecule has 1 aliphatic rings. The molecule has 1 aromatic heterocycles. The van der Waals surface area contributed by atoms with Gasteiger partial charge in [-0.2, -0.15) is 0 Å². The Hall–Kier alpha value is -1.98. The molecule has 2 rings (SSSR count). The van der Waals surface area contributed by atoms with Crippen LogP contribution in [0.15, 0.2) is 24.5 Å². The highest BCUT2D eigenvalue weighted by Crippen LogP contribution is 2.49. The molecule has 0 radical (unpaired) electrons. The minimum atomic E-state index is -0.305. The second kappa shape index (κ2) is 20.0. The third kappa shape index (κ3) is 18.8. The van der Waals surface area contributed by atoms with Crippen molar-refractivity contribution in [2.75, 3.05) is 12.3 Å². The van der Waals surface area contributed by atoms with Gasteiger partial charge >= 0.3 is 5.97 Å². The Labute approximate surface area is 232 Å². The molecule has 1 N–H and O–H groups in total. The zero-order valence-corrected chi connectivity index (χ0v) is 25.4. The Balaban J connectivity index is 0.000000619. The summed E-state index contributed by atoms with van der Waals surface area (Å²) in [6.07, 6.45) is 10.4. The van der Waals surface area contributed by atoms with Crippen LogP contribution < -0.4 is 5.32 Å². The molecule has 0 spiro atoms. The molecule has 0 aliphatic carbocycles. The Morgan fingerprint density at radius 2 is 1.86 bits per heavy atom. The SMILES string of the molecule is CC#CC.CC(=O)CCCNC(=O)c1cccnc1.CCC(C)(C)OC(=O)CCCC[C@]1(C)CCSS1. The molecule has 2 heterocycles. The monoisotopic (exact) mass is 550 g/mol. The second-order valence-electron chi connectivity index (χ2n) is 9.70. The third-order valence-corrected chi connectivity index (χ3v) is 9.08. The van der Waals surface area contributed by atoms with Crippen molar-refractivity contribution in [1.82, 2.24) is 10.3 Å². The van der Waals surface area contributed by atoms with E-state index in [9.17, 15) is 14.4 Å². The average Bonchev–Trinajstić information content (AvgIpc) is 3.31. The fourth-order valence-electron chi connectivity index (χ4n) is 2.99. The number of amides is 1. The number of hydrogen-bond acceptors (Lipinski definition) is 7. The molecule has 0 unspecified atom stereocenters. The molecule has 1 amide bonds. The predicted molar refractivity (Wildman–Crippen MR) is 158 cm³/mol. The molecule has 1 atom stereocenters. The molecule has 6 nitrogen and oxygen atoms in total.